The number of phenolic OH excluding ortho intramolecular Hbond substituents is 1. The van der Waals surface area contributed by atoms with Crippen molar-refractivity contribution < 1.29 is 14.6 Å². The normalized spacial score (nSPS) is 12.3. The first kappa shape index (κ1) is 17.2. The quantitative estimate of drug-likeness (QED) is 0.663. The molecule has 1 amide bonds. The predicted octanol–water partition coefficient (Wildman–Crippen LogP) is 5.32. The lowest BCUT2D eigenvalue weighted by Gasteiger charge is -2.15. The van der Waals surface area contributed by atoms with Crippen molar-refractivity contribution in [1.82, 2.24) is 0 Å². The van der Waals surface area contributed by atoms with E-state index in [1.165, 1.54) is 22.3 Å². The van der Waals surface area contributed by atoms with Crippen molar-refractivity contribution >= 4 is 11.8 Å². The number of benzene rings is 3. The molecule has 0 spiro atoms. The van der Waals surface area contributed by atoms with Crippen LogP contribution in [0, 0.1) is 0 Å². The molecule has 0 saturated heterocycles. The lowest BCUT2D eigenvalue weighted by molar-refractivity contribution is 0.158. The van der Waals surface area contributed by atoms with Crippen molar-refractivity contribution in [2.24, 2.45) is 0 Å². The van der Waals surface area contributed by atoms with Gasteiger partial charge in [-0.15, -0.1) is 0 Å². The molecular formula is C23H21NO3. The Morgan fingerprint density at radius 2 is 1.63 bits per heavy atom. The van der Waals surface area contributed by atoms with Crippen LogP contribution in [0.1, 0.15) is 29.5 Å². The Hall–Kier alpha value is -3.27. The van der Waals surface area contributed by atoms with Crippen LogP contribution in [0.15, 0.2) is 66.7 Å². The molecule has 4 heteroatoms. The number of rotatable bonds is 4. The Morgan fingerprint density at radius 1 is 1.00 bits per heavy atom. The van der Waals surface area contributed by atoms with Crippen LogP contribution in [-0.4, -0.2) is 17.8 Å². The lowest BCUT2D eigenvalue weighted by atomic mass is 9.98. The molecule has 4 rings (SSSR count). The first-order valence-electron chi connectivity index (χ1n) is 9.11. The summed E-state index contributed by atoms with van der Waals surface area (Å²) >= 11 is 0. The van der Waals surface area contributed by atoms with Gasteiger partial charge in [0.05, 0.1) is 0 Å². The first-order chi connectivity index (χ1) is 13.2. The maximum atomic E-state index is 12.2. The fourth-order valence-electron chi connectivity index (χ4n) is 3.69. The van der Waals surface area contributed by atoms with Gasteiger partial charge in [-0.05, 0) is 40.3 Å². The summed E-state index contributed by atoms with van der Waals surface area (Å²) in [5.74, 6) is 0.202. The van der Waals surface area contributed by atoms with E-state index in [1.54, 1.807) is 18.2 Å². The highest BCUT2D eigenvalue weighted by molar-refractivity contribution is 5.85. The number of nitrogens with one attached hydrogen (secondary N) is 1. The molecule has 0 bridgehead atoms. The summed E-state index contributed by atoms with van der Waals surface area (Å²) in [6, 6.07) is 21.6. The SMILES string of the molecule is CCc1ccc(NC(=O)OCC2c3ccccc3-c3ccccc32)cc1O. The number of ether oxygens (including phenoxy) is 1. The summed E-state index contributed by atoms with van der Waals surface area (Å²) in [6.07, 6.45) is 0.206. The van der Waals surface area contributed by atoms with Crippen molar-refractivity contribution in [3.8, 4) is 16.9 Å². The van der Waals surface area contributed by atoms with Gasteiger partial charge in [0, 0.05) is 17.7 Å². The zero-order chi connectivity index (χ0) is 18.8. The molecule has 0 atom stereocenters. The highest BCUT2D eigenvalue weighted by atomic mass is 16.5. The van der Waals surface area contributed by atoms with Crippen molar-refractivity contribution in [1.29, 1.82) is 0 Å². The average molecular weight is 359 g/mol. The molecule has 3 aromatic carbocycles. The molecule has 4 nitrogen and oxygen atoms in total. The Kier molecular flexibility index (Phi) is 4.55. The number of amides is 1. The number of carbonyl (C=O) groups excluding carboxylic acids is 1. The van der Waals surface area contributed by atoms with Crippen molar-refractivity contribution in [3.63, 3.8) is 0 Å². The zero-order valence-corrected chi connectivity index (χ0v) is 15.1. The van der Waals surface area contributed by atoms with Crippen LogP contribution in [0.2, 0.25) is 0 Å². The molecule has 136 valence electrons. The van der Waals surface area contributed by atoms with Gasteiger partial charge in [0.15, 0.2) is 0 Å². The van der Waals surface area contributed by atoms with E-state index in [2.05, 4.69) is 29.6 Å². The zero-order valence-electron chi connectivity index (χ0n) is 15.1. The van der Waals surface area contributed by atoms with Gasteiger partial charge in [0.25, 0.3) is 0 Å². The molecule has 2 N–H and O–H groups in total. The number of hydrogen-bond donors (Lipinski definition) is 2. The van der Waals surface area contributed by atoms with Crippen LogP contribution in [-0.2, 0) is 11.2 Å². The number of aryl methyl sites for hydroxylation is 1. The van der Waals surface area contributed by atoms with Crippen LogP contribution < -0.4 is 5.32 Å². The van der Waals surface area contributed by atoms with E-state index in [0.29, 0.717) is 5.69 Å². The Labute approximate surface area is 158 Å². The fourth-order valence-corrected chi connectivity index (χ4v) is 3.69. The van der Waals surface area contributed by atoms with E-state index < -0.39 is 6.09 Å². The summed E-state index contributed by atoms with van der Waals surface area (Å²) < 4.78 is 5.51. The van der Waals surface area contributed by atoms with Gasteiger partial charge in [0.1, 0.15) is 12.4 Å². The van der Waals surface area contributed by atoms with E-state index in [0.717, 1.165) is 12.0 Å². The molecule has 0 unspecified atom stereocenters. The minimum Gasteiger partial charge on any atom is -0.508 e. The molecule has 0 fully saturated rings. The second-order valence-corrected chi connectivity index (χ2v) is 6.65. The predicted molar refractivity (Wildman–Crippen MR) is 106 cm³/mol. The molecule has 0 aliphatic heterocycles. The van der Waals surface area contributed by atoms with E-state index in [9.17, 15) is 9.90 Å². The third kappa shape index (κ3) is 3.26. The van der Waals surface area contributed by atoms with Gasteiger partial charge in [-0.25, -0.2) is 4.79 Å². The maximum Gasteiger partial charge on any atom is 0.411 e. The number of phenols is 1. The van der Waals surface area contributed by atoms with Crippen LogP contribution >= 0.6 is 0 Å². The minimum absolute atomic E-state index is 0.0269. The minimum atomic E-state index is -0.527. The number of carbonyl (C=O) groups is 1. The van der Waals surface area contributed by atoms with Crippen LogP contribution in [0.3, 0.4) is 0 Å². The molecule has 3 aromatic rings. The van der Waals surface area contributed by atoms with E-state index in [-0.39, 0.29) is 18.3 Å². The second kappa shape index (κ2) is 7.16. The summed E-state index contributed by atoms with van der Waals surface area (Å²) in [4.78, 5) is 12.2. The largest absolute Gasteiger partial charge is 0.508 e. The van der Waals surface area contributed by atoms with Gasteiger partial charge in [-0.1, -0.05) is 61.5 Å². The molecule has 27 heavy (non-hydrogen) atoms. The molecule has 1 aliphatic rings. The maximum absolute atomic E-state index is 12.2. The summed E-state index contributed by atoms with van der Waals surface area (Å²) in [7, 11) is 0. The van der Waals surface area contributed by atoms with Gasteiger partial charge in [-0.2, -0.15) is 0 Å². The highest BCUT2D eigenvalue weighted by Gasteiger charge is 2.28. The van der Waals surface area contributed by atoms with Crippen molar-refractivity contribution in [3.05, 3.63) is 83.4 Å². The third-order valence-electron chi connectivity index (χ3n) is 5.06. The van der Waals surface area contributed by atoms with Gasteiger partial charge in [0.2, 0.25) is 0 Å². The smallest absolute Gasteiger partial charge is 0.411 e. The summed E-state index contributed by atoms with van der Waals surface area (Å²) in [5.41, 5.74) is 6.10. The van der Waals surface area contributed by atoms with E-state index in [1.807, 2.05) is 31.2 Å². The molecular weight excluding hydrogens is 338 g/mol. The van der Waals surface area contributed by atoms with Crippen molar-refractivity contribution in [2.75, 3.05) is 11.9 Å². The Morgan fingerprint density at radius 3 is 2.22 bits per heavy atom. The fraction of sp³-hybridized carbons (Fsp3) is 0.174. The number of hydrogen-bond acceptors (Lipinski definition) is 3. The molecule has 0 radical (unpaired) electrons. The van der Waals surface area contributed by atoms with Crippen LogP contribution in [0.25, 0.3) is 11.1 Å². The molecule has 0 saturated carbocycles. The van der Waals surface area contributed by atoms with Gasteiger partial charge in [-0.3, -0.25) is 5.32 Å². The second-order valence-electron chi connectivity index (χ2n) is 6.65. The Bertz CT molecular complexity index is 951. The van der Waals surface area contributed by atoms with Crippen LogP contribution in [0.4, 0.5) is 10.5 Å². The molecule has 0 heterocycles. The first-order valence-corrected chi connectivity index (χ1v) is 9.11. The van der Waals surface area contributed by atoms with E-state index in [4.69, 9.17) is 4.74 Å². The third-order valence-corrected chi connectivity index (χ3v) is 5.06. The lowest BCUT2D eigenvalue weighted by Crippen LogP contribution is -2.17. The number of anilines is 1. The summed E-state index contributed by atoms with van der Waals surface area (Å²) in [6.45, 7) is 2.23. The average Bonchev–Trinajstić information content (AvgIpc) is 3.00. The topological polar surface area (TPSA) is 58.6 Å². The van der Waals surface area contributed by atoms with Crippen LogP contribution in [0.5, 0.6) is 5.75 Å². The molecule has 0 aromatic heterocycles. The summed E-state index contributed by atoms with van der Waals surface area (Å²) in [5, 5.41) is 12.6. The van der Waals surface area contributed by atoms with E-state index >= 15 is 0 Å². The monoisotopic (exact) mass is 359 g/mol. The van der Waals surface area contributed by atoms with Gasteiger partial charge < -0.3 is 9.84 Å². The number of fused-ring (bicyclic) bond motifs is 3. The van der Waals surface area contributed by atoms with Gasteiger partial charge >= 0.3 is 6.09 Å². The van der Waals surface area contributed by atoms with Crippen molar-refractivity contribution in [2.45, 2.75) is 19.3 Å². The molecule has 1 aliphatic carbocycles. The standard InChI is InChI=1S/C23H21NO3/c1-2-15-11-12-16(13-22(15)25)24-23(26)27-14-21-19-9-5-3-7-17(19)18-8-4-6-10-20(18)21/h3-13,21,25H,2,14H2,1H3,(H,24,26). The highest BCUT2D eigenvalue weighted by Crippen LogP contribution is 2.44. The number of aromatic hydroxyl groups is 1. The Balaban J connectivity index is 1.47.